The summed E-state index contributed by atoms with van der Waals surface area (Å²) in [5, 5.41) is 3.17. The van der Waals surface area contributed by atoms with Gasteiger partial charge in [-0.15, -0.1) is 24.0 Å². The summed E-state index contributed by atoms with van der Waals surface area (Å²) >= 11 is 0. The number of aryl methyl sites for hydroxylation is 1. The number of likely N-dealkylation sites (N-methyl/N-ethyl adjacent to an activating group) is 1. The Hall–Kier alpha value is -1.80. The molecule has 0 amide bonds. The van der Waals surface area contributed by atoms with Crippen molar-refractivity contribution in [3.05, 3.63) is 59.7 Å². The smallest absolute Gasteiger partial charge is 0.193 e. The highest BCUT2D eigenvalue weighted by molar-refractivity contribution is 14.0. The highest BCUT2D eigenvalue weighted by Crippen LogP contribution is 2.24. The number of rotatable bonds is 8. The van der Waals surface area contributed by atoms with Crippen molar-refractivity contribution < 1.29 is 4.74 Å². The number of nitrogens with two attached hydrogens (primary N) is 1. The molecule has 27 heavy (non-hydrogen) atoms. The predicted molar refractivity (Wildman–Crippen MR) is 125 cm³/mol. The Morgan fingerprint density at radius 3 is 2.48 bits per heavy atom. The second-order valence-electron chi connectivity index (χ2n) is 6.23. The van der Waals surface area contributed by atoms with Crippen LogP contribution in [0.25, 0.3) is 0 Å². The molecule has 0 heterocycles. The molecule has 148 valence electrons. The maximum atomic E-state index is 6.12. The van der Waals surface area contributed by atoms with E-state index in [-0.39, 0.29) is 30.0 Å². The van der Waals surface area contributed by atoms with Gasteiger partial charge in [-0.25, -0.2) is 0 Å². The lowest BCUT2D eigenvalue weighted by atomic mass is 10.0. The van der Waals surface area contributed by atoms with E-state index in [0.717, 1.165) is 24.5 Å². The first-order valence-corrected chi connectivity index (χ1v) is 9.09. The summed E-state index contributed by atoms with van der Waals surface area (Å²) in [6, 6.07) is 16.4. The standard InChI is InChI=1S/C21H30N4O.HI/c1-5-25(6-2)20(17-10-8-12-19(14-17)26-4)15-23-21(22)24-18-11-7-9-16(3)13-18;/h7-14,20H,5-6,15H2,1-4H3,(H3,22,23,24);1H. The van der Waals surface area contributed by atoms with Crippen molar-refractivity contribution in [3.8, 4) is 5.75 Å². The van der Waals surface area contributed by atoms with Crippen LogP contribution in [0.3, 0.4) is 0 Å². The highest BCUT2D eigenvalue weighted by atomic mass is 127. The van der Waals surface area contributed by atoms with Gasteiger partial charge in [-0.2, -0.15) is 0 Å². The van der Waals surface area contributed by atoms with Gasteiger partial charge in [0.05, 0.1) is 19.7 Å². The van der Waals surface area contributed by atoms with Gasteiger partial charge < -0.3 is 15.8 Å². The van der Waals surface area contributed by atoms with E-state index >= 15 is 0 Å². The fourth-order valence-corrected chi connectivity index (χ4v) is 3.04. The Morgan fingerprint density at radius 2 is 1.85 bits per heavy atom. The number of guanidine groups is 1. The van der Waals surface area contributed by atoms with E-state index in [1.165, 1.54) is 11.1 Å². The summed E-state index contributed by atoms with van der Waals surface area (Å²) in [6.45, 7) is 8.85. The van der Waals surface area contributed by atoms with Gasteiger partial charge in [0.2, 0.25) is 0 Å². The maximum Gasteiger partial charge on any atom is 0.193 e. The van der Waals surface area contributed by atoms with Crippen molar-refractivity contribution in [2.75, 3.05) is 32.1 Å². The summed E-state index contributed by atoms with van der Waals surface area (Å²) in [4.78, 5) is 6.97. The van der Waals surface area contributed by atoms with Crippen LogP contribution in [0, 0.1) is 6.92 Å². The molecule has 5 nitrogen and oxygen atoms in total. The molecule has 0 fully saturated rings. The number of anilines is 1. The number of hydrogen-bond acceptors (Lipinski definition) is 3. The molecule has 2 rings (SSSR count). The van der Waals surface area contributed by atoms with Crippen LogP contribution in [0.2, 0.25) is 0 Å². The zero-order chi connectivity index (χ0) is 18.9. The largest absolute Gasteiger partial charge is 0.497 e. The fourth-order valence-electron chi connectivity index (χ4n) is 3.04. The monoisotopic (exact) mass is 482 g/mol. The van der Waals surface area contributed by atoms with Crippen LogP contribution < -0.4 is 15.8 Å². The van der Waals surface area contributed by atoms with Crippen LogP contribution in [0.5, 0.6) is 5.75 Å². The van der Waals surface area contributed by atoms with Gasteiger partial charge in [0.15, 0.2) is 5.96 Å². The second kappa shape index (κ2) is 11.8. The van der Waals surface area contributed by atoms with E-state index in [1.54, 1.807) is 7.11 Å². The minimum Gasteiger partial charge on any atom is -0.497 e. The number of halogens is 1. The number of hydrogen-bond donors (Lipinski definition) is 2. The SMILES string of the molecule is CCN(CC)C(CN=C(N)Nc1cccc(C)c1)c1cccc(OC)c1.I. The Balaban J connectivity index is 0.00000364. The summed E-state index contributed by atoms with van der Waals surface area (Å²) in [6.07, 6.45) is 0. The van der Waals surface area contributed by atoms with E-state index in [4.69, 9.17) is 10.5 Å². The van der Waals surface area contributed by atoms with E-state index < -0.39 is 0 Å². The molecule has 0 saturated carbocycles. The van der Waals surface area contributed by atoms with Gasteiger partial charge in [-0.1, -0.05) is 38.1 Å². The quantitative estimate of drug-likeness (QED) is 0.332. The molecular formula is C21H31IN4O. The molecule has 0 bridgehead atoms. The van der Waals surface area contributed by atoms with E-state index in [0.29, 0.717) is 12.5 Å². The lowest BCUT2D eigenvalue weighted by molar-refractivity contribution is 0.224. The molecular weight excluding hydrogens is 451 g/mol. The average molecular weight is 482 g/mol. The molecule has 0 radical (unpaired) electrons. The third-order valence-electron chi connectivity index (χ3n) is 4.46. The van der Waals surface area contributed by atoms with Crippen molar-refractivity contribution in [3.63, 3.8) is 0 Å². The van der Waals surface area contributed by atoms with E-state index in [9.17, 15) is 0 Å². The zero-order valence-corrected chi connectivity index (χ0v) is 18.9. The fraction of sp³-hybridized carbons (Fsp3) is 0.381. The van der Waals surface area contributed by atoms with Gasteiger partial charge in [-0.3, -0.25) is 9.89 Å². The predicted octanol–water partition coefficient (Wildman–Crippen LogP) is 4.43. The number of ether oxygens (including phenoxy) is 1. The van der Waals surface area contributed by atoms with Gasteiger partial charge in [0.1, 0.15) is 5.75 Å². The molecule has 0 aromatic heterocycles. The summed E-state index contributed by atoms with van der Waals surface area (Å²) in [5.74, 6) is 1.28. The molecule has 0 aliphatic rings. The number of nitrogens with zero attached hydrogens (tertiary/aromatic N) is 2. The number of methoxy groups -OCH3 is 1. The van der Waals surface area contributed by atoms with E-state index in [1.807, 2.05) is 30.3 Å². The topological polar surface area (TPSA) is 62.9 Å². The van der Waals surface area contributed by atoms with Crippen LogP contribution >= 0.6 is 24.0 Å². The number of aliphatic imine (C=N–C) groups is 1. The van der Waals surface area contributed by atoms with Crippen LogP contribution in [0.15, 0.2) is 53.5 Å². The number of benzene rings is 2. The average Bonchev–Trinajstić information content (AvgIpc) is 2.65. The molecule has 0 spiro atoms. The summed E-state index contributed by atoms with van der Waals surface area (Å²) in [5.41, 5.74) is 9.43. The molecule has 2 aromatic rings. The van der Waals surface area contributed by atoms with Crippen LogP contribution in [-0.4, -0.2) is 37.6 Å². The minimum absolute atomic E-state index is 0. The van der Waals surface area contributed by atoms with Crippen LogP contribution in [0.1, 0.15) is 31.0 Å². The van der Waals surface area contributed by atoms with E-state index in [2.05, 4.69) is 54.2 Å². The molecule has 1 atom stereocenters. The third-order valence-corrected chi connectivity index (χ3v) is 4.46. The van der Waals surface area contributed by atoms with Crippen molar-refractivity contribution in [1.29, 1.82) is 0 Å². The minimum atomic E-state index is 0. The third kappa shape index (κ3) is 7.03. The van der Waals surface area contributed by atoms with Crippen LogP contribution in [-0.2, 0) is 0 Å². The van der Waals surface area contributed by atoms with Gasteiger partial charge in [0, 0.05) is 5.69 Å². The first-order valence-electron chi connectivity index (χ1n) is 9.09. The van der Waals surface area contributed by atoms with Crippen molar-refractivity contribution in [1.82, 2.24) is 4.90 Å². The summed E-state index contributed by atoms with van der Waals surface area (Å²) in [7, 11) is 1.69. The Kier molecular flexibility index (Phi) is 10.2. The molecule has 2 aromatic carbocycles. The summed E-state index contributed by atoms with van der Waals surface area (Å²) < 4.78 is 5.38. The molecule has 0 aliphatic heterocycles. The normalized spacial score (nSPS) is 12.4. The Labute approximate surface area is 180 Å². The van der Waals surface area contributed by atoms with Gasteiger partial charge in [0.25, 0.3) is 0 Å². The van der Waals surface area contributed by atoms with Crippen LogP contribution in [0.4, 0.5) is 5.69 Å². The Morgan fingerprint density at radius 1 is 1.15 bits per heavy atom. The maximum absolute atomic E-state index is 6.12. The lowest BCUT2D eigenvalue weighted by Gasteiger charge is -2.29. The highest BCUT2D eigenvalue weighted by Gasteiger charge is 2.18. The Bertz CT molecular complexity index is 732. The van der Waals surface area contributed by atoms with Gasteiger partial charge >= 0.3 is 0 Å². The molecule has 3 N–H and O–H groups in total. The zero-order valence-electron chi connectivity index (χ0n) is 16.6. The first-order chi connectivity index (χ1) is 12.6. The lowest BCUT2D eigenvalue weighted by Crippen LogP contribution is -2.32. The van der Waals surface area contributed by atoms with Crippen molar-refractivity contribution in [2.24, 2.45) is 10.7 Å². The molecule has 0 saturated heterocycles. The molecule has 6 heteroatoms. The molecule has 0 aliphatic carbocycles. The van der Waals surface area contributed by atoms with Gasteiger partial charge in [-0.05, 0) is 55.4 Å². The second-order valence-corrected chi connectivity index (χ2v) is 6.23. The number of nitrogens with one attached hydrogen (secondary N) is 1. The van der Waals surface area contributed by atoms with Crippen molar-refractivity contribution in [2.45, 2.75) is 26.8 Å². The van der Waals surface area contributed by atoms with Crippen molar-refractivity contribution >= 4 is 35.6 Å². The molecule has 1 unspecified atom stereocenters. The first kappa shape index (κ1) is 23.2.